The third-order valence-electron chi connectivity index (χ3n) is 3.06. The summed E-state index contributed by atoms with van der Waals surface area (Å²) < 4.78 is 7.65. The summed E-state index contributed by atoms with van der Waals surface area (Å²) in [6.45, 7) is 0. The fourth-order valence-electron chi connectivity index (χ4n) is 2.01. The van der Waals surface area contributed by atoms with E-state index in [1.54, 1.807) is 24.5 Å². The highest BCUT2D eigenvalue weighted by Gasteiger charge is 2.07. The van der Waals surface area contributed by atoms with E-state index in [9.17, 15) is 4.79 Å². The molecule has 0 aliphatic carbocycles. The van der Waals surface area contributed by atoms with Crippen molar-refractivity contribution >= 4 is 43.0 Å². The van der Waals surface area contributed by atoms with Crippen LogP contribution < -0.4 is 15.6 Å². The monoisotopic (exact) mass is 416 g/mol. The molecule has 10 heteroatoms. The van der Waals surface area contributed by atoms with Crippen LogP contribution in [-0.4, -0.2) is 24.6 Å². The van der Waals surface area contributed by atoms with Crippen molar-refractivity contribution in [2.45, 2.75) is 0 Å². The zero-order valence-corrected chi connectivity index (χ0v) is 14.9. The topological polar surface area (TPSA) is 94.3 Å². The molecule has 0 unspecified atom stereocenters. The molecular formula is C15H9BrN6O2S. The molecule has 8 nitrogen and oxygen atoms in total. The maximum absolute atomic E-state index is 11.7. The van der Waals surface area contributed by atoms with Gasteiger partial charge in [-0.25, -0.2) is 15.0 Å². The van der Waals surface area contributed by atoms with Gasteiger partial charge in [-0.2, -0.15) is 4.52 Å². The Morgan fingerprint density at radius 2 is 2.00 bits per heavy atom. The number of hydrogen-bond donors (Lipinski definition) is 1. The second kappa shape index (κ2) is 6.57. The lowest BCUT2D eigenvalue weighted by molar-refractivity contribution is 0.441. The summed E-state index contributed by atoms with van der Waals surface area (Å²) in [5, 5.41) is 7.89. The van der Waals surface area contributed by atoms with Gasteiger partial charge in [-0.3, -0.25) is 4.79 Å². The normalized spacial score (nSPS) is 10.8. The van der Waals surface area contributed by atoms with Crippen molar-refractivity contribution in [2.75, 3.05) is 5.32 Å². The average Bonchev–Trinajstić information content (AvgIpc) is 3.01. The number of aromatic nitrogens is 5. The van der Waals surface area contributed by atoms with Gasteiger partial charge >= 0.3 is 6.01 Å². The summed E-state index contributed by atoms with van der Waals surface area (Å²) >= 11 is 4.55. The third-order valence-corrected chi connectivity index (χ3v) is 4.31. The van der Waals surface area contributed by atoms with E-state index in [-0.39, 0.29) is 11.6 Å². The van der Waals surface area contributed by atoms with E-state index in [1.165, 1.54) is 28.1 Å². The van der Waals surface area contributed by atoms with Gasteiger partial charge in [0.15, 0.2) is 0 Å². The van der Waals surface area contributed by atoms with Crippen molar-refractivity contribution in [1.29, 1.82) is 0 Å². The highest BCUT2D eigenvalue weighted by molar-refractivity contribution is 9.10. The van der Waals surface area contributed by atoms with Crippen molar-refractivity contribution in [3.8, 4) is 11.8 Å². The van der Waals surface area contributed by atoms with Gasteiger partial charge < -0.3 is 10.1 Å². The zero-order chi connectivity index (χ0) is 17.2. The number of nitrogens with one attached hydrogen (secondary N) is 1. The molecule has 0 amide bonds. The average molecular weight is 417 g/mol. The molecule has 0 bridgehead atoms. The van der Waals surface area contributed by atoms with E-state index in [2.05, 4.69) is 41.3 Å². The minimum atomic E-state index is -0.223. The van der Waals surface area contributed by atoms with E-state index in [1.807, 2.05) is 12.1 Å². The molecule has 0 spiro atoms. The first-order chi connectivity index (χ1) is 12.2. The largest absolute Gasteiger partial charge is 0.424 e. The molecular weight excluding hydrogens is 408 g/mol. The van der Waals surface area contributed by atoms with Crippen LogP contribution in [0.5, 0.6) is 11.8 Å². The molecule has 0 aliphatic heterocycles. The summed E-state index contributed by atoms with van der Waals surface area (Å²) in [5.74, 6) is 0.573. The van der Waals surface area contributed by atoms with Crippen molar-refractivity contribution < 1.29 is 4.74 Å². The van der Waals surface area contributed by atoms with E-state index in [0.717, 1.165) is 10.2 Å². The van der Waals surface area contributed by atoms with Gasteiger partial charge in [0.2, 0.25) is 10.1 Å². The molecule has 3 aromatic heterocycles. The second-order valence-electron chi connectivity index (χ2n) is 4.82. The highest BCUT2D eigenvalue weighted by atomic mass is 79.9. The smallest absolute Gasteiger partial charge is 0.321 e. The number of halogens is 1. The lowest BCUT2D eigenvalue weighted by atomic mass is 10.3. The van der Waals surface area contributed by atoms with Crippen LogP contribution in [0.15, 0.2) is 58.2 Å². The zero-order valence-electron chi connectivity index (χ0n) is 12.5. The van der Waals surface area contributed by atoms with Gasteiger partial charge in [0, 0.05) is 36.4 Å². The molecule has 0 atom stereocenters. The SMILES string of the molecule is O=c1ccnc2sc(Nc3cccc(Oc4ncc(Br)cn4)c3)nn12. The third kappa shape index (κ3) is 3.49. The Morgan fingerprint density at radius 3 is 2.80 bits per heavy atom. The Balaban J connectivity index is 1.57. The summed E-state index contributed by atoms with van der Waals surface area (Å²) in [6.07, 6.45) is 4.68. The van der Waals surface area contributed by atoms with Gasteiger partial charge in [0.25, 0.3) is 5.56 Å². The van der Waals surface area contributed by atoms with Gasteiger partial charge in [0.1, 0.15) is 5.75 Å². The molecule has 4 aromatic rings. The maximum Gasteiger partial charge on any atom is 0.321 e. The fraction of sp³-hybridized carbons (Fsp3) is 0. The van der Waals surface area contributed by atoms with Gasteiger partial charge in [-0.05, 0) is 28.1 Å². The van der Waals surface area contributed by atoms with Gasteiger partial charge in [-0.1, -0.05) is 17.4 Å². The second-order valence-corrected chi connectivity index (χ2v) is 6.70. The van der Waals surface area contributed by atoms with Crippen LogP contribution in [0.1, 0.15) is 0 Å². The molecule has 124 valence electrons. The van der Waals surface area contributed by atoms with Crippen LogP contribution in [-0.2, 0) is 0 Å². The molecule has 3 heterocycles. The molecule has 1 aromatic carbocycles. The molecule has 4 rings (SSSR count). The number of rotatable bonds is 4. The molecule has 25 heavy (non-hydrogen) atoms. The van der Waals surface area contributed by atoms with Gasteiger partial charge in [-0.15, -0.1) is 5.10 Å². The van der Waals surface area contributed by atoms with Crippen LogP contribution in [0.2, 0.25) is 0 Å². The van der Waals surface area contributed by atoms with E-state index >= 15 is 0 Å². The maximum atomic E-state index is 11.7. The predicted octanol–water partition coefficient (Wildman–Crippen LogP) is 3.24. The molecule has 0 radical (unpaired) electrons. The highest BCUT2D eigenvalue weighted by Crippen LogP contribution is 2.26. The lowest BCUT2D eigenvalue weighted by Gasteiger charge is -2.06. The van der Waals surface area contributed by atoms with Crippen LogP contribution in [0.25, 0.3) is 4.96 Å². The molecule has 0 saturated heterocycles. The predicted molar refractivity (Wildman–Crippen MR) is 96.7 cm³/mol. The lowest BCUT2D eigenvalue weighted by Crippen LogP contribution is -2.12. The minimum Gasteiger partial charge on any atom is -0.424 e. The van der Waals surface area contributed by atoms with Crippen molar-refractivity contribution in [3.05, 3.63) is 63.7 Å². The summed E-state index contributed by atoms with van der Waals surface area (Å²) in [6, 6.07) is 8.88. The van der Waals surface area contributed by atoms with E-state index in [0.29, 0.717) is 15.8 Å². The first-order valence-corrected chi connectivity index (χ1v) is 8.66. The van der Waals surface area contributed by atoms with Crippen molar-refractivity contribution in [2.24, 2.45) is 0 Å². The number of fused-ring (bicyclic) bond motifs is 1. The number of anilines is 2. The van der Waals surface area contributed by atoms with Crippen LogP contribution in [0.3, 0.4) is 0 Å². The summed E-state index contributed by atoms with van der Waals surface area (Å²) in [7, 11) is 0. The molecule has 0 fully saturated rings. The Bertz CT molecular complexity index is 1100. The Morgan fingerprint density at radius 1 is 1.16 bits per heavy atom. The Hall–Kier alpha value is -2.85. The first kappa shape index (κ1) is 15.7. The van der Waals surface area contributed by atoms with E-state index < -0.39 is 0 Å². The van der Waals surface area contributed by atoms with Crippen LogP contribution in [0, 0.1) is 0 Å². The summed E-state index contributed by atoms with van der Waals surface area (Å²) in [5.41, 5.74) is 0.528. The van der Waals surface area contributed by atoms with Crippen molar-refractivity contribution in [3.63, 3.8) is 0 Å². The van der Waals surface area contributed by atoms with Crippen LogP contribution in [0.4, 0.5) is 10.8 Å². The molecule has 0 aliphatic rings. The minimum absolute atomic E-state index is 0.223. The fourth-order valence-corrected chi connectivity index (χ4v) is 3.01. The number of ether oxygens (including phenoxy) is 1. The van der Waals surface area contributed by atoms with Crippen molar-refractivity contribution in [1.82, 2.24) is 24.6 Å². The molecule has 1 N–H and O–H groups in total. The number of benzene rings is 1. The first-order valence-electron chi connectivity index (χ1n) is 7.05. The Kier molecular flexibility index (Phi) is 4.12. The molecule has 0 saturated carbocycles. The number of hydrogen-bond acceptors (Lipinski definition) is 8. The standard InChI is InChI=1S/C15H9BrN6O2S/c16-9-7-18-13(19-8-9)24-11-3-1-2-10(6-11)20-14-21-22-12(23)4-5-17-15(22)25-14/h1-8H,(H,20,21). The quantitative estimate of drug-likeness (QED) is 0.545. The van der Waals surface area contributed by atoms with Gasteiger partial charge in [0.05, 0.1) is 4.47 Å². The van der Waals surface area contributed by atoms with Crippen LogP contribution >= 0.6 is 27.3 Å². The number of nitrogens with zero attached hydrogens (tertiary/aromatic N) is 5. The van der Waals surface area contributed by atoms with E-state index in [4.69, 9.17) is 4.74 Å². The Labute approximate surface area is 153 Å². The summed E-state index contributed by atoms with van der Waals surface area (Å²) in [4.78, 5) is 24.5.